The number of hydrogen-bond acceptors (Lipinski definition) is 7. The molecule has 7 nitrogen and oxygen atoms in total. The molecule has 162 valence electrons. The predicted octanol–water partition coefficient (Wildman–Crippen LogP) is 3.84. The number of morpholine rings is 1. The maximum Gasteiger partial charge on any atom is 0.338 e. The normalized spacial score (nSPS) is 19.3. The monoisotopic (exact) mass is 425 g/mol. The van der Waals surface area contributed by atoms with Gasteiger partial charge in [-0.15, -0.1) is 0 Å². The minimum atomic E-state index is -0.465. The van der Waals surface area contributed by atoms with Gasteiger partial charge in [-0.1, -0.05) is 17.3 Å². The van der Waals surface area contributed by atoms with Gasteiger partial charge >= 0.3 is 5.97 Å². The van der Waals surface area contributed by atoms with Crippen LogP contribution in [0.2, 0.25) is 0 Å². The van der Waals surface area contributed by atoms with Gasteiger partial charge in [0.1, 0.15) is 5.82 Å². The van der Waals surface area contributed by atoms with E-state index in [4.69, 9.17) is 14.0 Å². The van der Waals surface area contributed by atoms with Crippen molar-refractivity contribution in [3.05, 3.63) is 71.3 Å². The van der Waals surface area contributed by atoms with Gasteiger partial charge in [-0.25, -0.2) is 9.18 Å². The second-order valence-corrected chi connectivity index (χ2v) is 7.75. The van der Waals surface area contributed by atoms with Crippen LogP contribution < -0.4 is 0 Å². The fourth-order valence-corrected chi connectivity index (χ4v) is 3.65. The first kappa shape index (κ1) is 21.1. The zero-order chi connectivity index (χ0) is 21.8. The van der Waals surface area contributed by atoms with Gasteiger partial charge in [0.15, 0.2) is 6.61 Å². The third-order valence-corrected chi connectivity index (χ3v) is 4.98. The van der Waals surface area contributed by atoms with E-state index in [1.54, 1.807) is 24.3 Å². The fourth-order valence-electron chi connectivity index (χ4n) is 3.65. The van der Waals surface area contributed by atoms with Crippen LogP contribution in [-0.4, -0.2) is 46.3 Å². The quantitative estimate of drug-likeness (QED) is 0.555. The summed E-state index contributed by atoms with van der Waals surface area (Å²) in [5.41, 5.74) is 2.17. The first-order chi connectivity index (χ1) is 15.0. The van der Waals surface area contributed by atoms with Crippen LogP contribution in [0.4, 0.5) is 4.39 Å². The molecule has 1 fully saturated rings. The Morgan fingerprint density at radius 2 is 1.77 bits per heavy atom. The highest BCUT2D eigenvalue weighted by atomic mass is 19.1. The lowest BCUT2D eigenvalue weighted by molar-refractivity contribution is -0.0704. The number of aromatic nitrogens is 2. The molecule has 0 saturated carbocycles. The van der Waals surface area contributed by atoms with E-state index in [1.165, 1.54) is 12.1 Å². The Morgan fingerprint density at radius 3 is 2.45 bits per heavy atom. The molecule has 31 heavy (non-hydrogen) atoms. The van der Waals surface area contributed by atoms with Crippen molar-refractivity contribution in [3.63, 3.8) is 0 Å². The number of carbonyl (C=O) groups is 1. The number of ether oxygens (including phenoxy) is 2. The largest absolute Gasteiger partial charge is 0.454 e. The average molecular weight is 425 g/mol. The van der Waals surface area contributed by atoms with Gasteiger partial charge in [-0.05, 0) is 55.8 Å². The van der Waals surface area contributed by atoms with Crippen LogP contribution >= 0.6 is 0 Å². The molecule has 2 aromatic carbocycles. The number of halogens is 1. The molecule has 1 aliphatic rings. The highest BCUT2D eigenvalue weighted by Gasteiger charge is 2.22. The van der Waals surface area contributed by atoms with Gasteiger partial charge in [0, 0.05) is 25.2 Å². The highest BCUT2D eigenvalue weighted by Crippen LogP contribution is 2.18. The Balaban J connectivity index is 1.30. The summed E-state index contributed by atoms with van der Waals surface area (Å²) in [6.07, 6.45) is 0.429. The molecule has 0 N–H and O–H groups in total. The van der Waals surface area contributed by atoms with Crippen LogP contribution in [0.15, 0.2) is 53.1 Å². The molecule has 2 atom stereocenters. The number of carbonyl (C=O) groups excluding carboxylic acids is 1. The SMILES string of the molecule is CC1CN(Cc2ccc(C(=O)OCc3noc(-c4ccc(F)cc4)n3)cc2)CC(C)O1. The number of esters is 1. The molecule has 1 aromatic heterocycles. The van der Waals surface area contributed by atoms with Crippen LogP contribution in [0, 0.1) is 5.82 Å². The molecule has 0 spiro atoms. The smallest absolute Gasteiger partial charge is 0.338 e. The van der Waals surface area contributed by atoms with E-state index in [1.807, 2.05) is 12.1 Å². The second kappa shape index (κ2) is 9.36. The zero-order valence-corrected chi connectivity index (χ0v) is 17.5. The summed E-state index contributed by atoms with van der Waals surface area (Å²) in [7, 11) is 0. The summed E-state index contributed by atoms with van der Waals surface area (Å²) in [6, 6.07) is 13.1. The van der Waals surface area contributed by atoms with E-state index < -0.39 is 5.97 Å². The number of benzene rings is 2. The topological polar surface area (TPSA) is 77.7 Å². The lowest BCUT2D eigenvalue weighted by Crippen LogP contribution is -2.44. The van der Waals surface area contributed by atoms with Crippen LogP contribution in [0.25, 0.3) is 11.5 Å². The zero-order valence-electron chi connectivity index (χ0n) is 17.5. The van der Waals surface area contributed by atoms with Crippen LogP contribution in [0.5, 0.6) is 0 Å². The Bertz CT molecular complexity index is 1010. The predicted molar refractivity (Wildman–Crippen MR) is 111 cm³/mol. The van der Waals surface area contributed by atoms with E-state index in [0.717, 1.165) is 25.2 Å². The maximum absolute atomic E-state index is 13.0. The minimum absolute atomic E-state index is 0.116. The highest BCUT2D eigenvalue weighted by molar-refractivity contribution is 5.89. The Morgan fingerprint density at radius 1 is 1.10 bits per heavy atom. The standard InChI is InChI=1S/C23H24FN3O4/c1-15-11-27(12-16(2)30-15)13-17-3-5-19(6-4-17)23(28)29-14-21-25-22(31-26-21)18-7-9-20(24)10-8-18/h3-10,15-16H,11-14H2,1-2H3. The van der Waals surface area contributed by atoms with Crippen molar-refractivity contribution < 1.29 is 23.2 Å². The third-order valence-electron chi connectivity index (χ3n) is 4.98. The molecule has 0 radical (unpaired) electrons. The summed E-state index contributed by atoms with van der Waals surface area (Å²) in [5, 5.41) is 3.80. The molecule has 0 bridgehead atoms. The average Bonchev–Trinajstić information content (AvgIpc) is 3.21. The first-order valence-corrected chi connectivity index (χ1v) is 10.2. The van der Waals surface area contributed by atoms with Crippen LogP contribution in [-0.2, 0) is 22.6 Å². The van der Waals surface area contributed by atoms with E-state index in [9.17, 15) is 9.18 Å². The van der Waals surface area contributed by atoms with E-state index >= 15 is 0 Å². The number of rotatable bonds is 6. The first-order valence-electron chi connectivity index (χ1n) is 10.2. The summed E-state index contributed by atoms with van der Waals surface area (Å²) < 4.78 is 29.2. The summed E-state index contributed by atoms with van der Waals surface area (Å²) >= 11 is 0. The summed E-state index contributed by atoms with van der Waals surface area (Å²) in [6.45, 7) is 6.62. The van der Waals surface area contributed by atoms with Crippen molar-refractivity contribution in [1.29, 1.82) is 0 Å². The van der Waals surface area contributed by atoms with Crippen LogP contribution in [0.1, 0.15) is 35.6 Å². The van der Waals surface area contributed by atoms with Crippen molar-refractivity contribution >= 4 is 5.97 Å². The van der Waals surface area contributed by atoms with E-state index in [0.29, 0.717) is 11.1 Å². The van der Waals surface area contributed by atoms with Crippen molar-refractivity contribution in [2.45, 2.75) is 39.2 Å². The molecule has 3 aromatic rings. The molecule has 2 heterocycles. The Kier molecular flexibility index (Phi) is 6.39. The third kappa shape index (κ3) is 5.53. The lowest BCUT2D eigenvalue weighted by atomic mass is 10.1. The number of nitrogens with zero attached hydrogens (tertiary/aromatic N) is 3. The summed E-state index contributed by atoms with van der Waals surface area (Å²) in [4.78, 5) is 18.9. The van der Waals surface area contributed by atoms with Crippen molar-refractivity contribution in [2.24, 2.45) is 0 Å². The fraction of sp³-hybridized carbons (Fsp3) is 0.348. The maximum atomic E-state index is 13.0. The van der Waals surface area contributed by atoms with E-state index in [2.05, 4.69) is 28.9 Å². The van der Waals surface area contributed by atoms with Gasteiger partial charge in [-0.2, -0.15) is 4.98 Å². The molecular formula is C23H24FN3O4. The van der Waals surface area contributed by atoms with Crippen molar-refractivity contribution in [2.75, 3.05) is 13.1 Å². The molecule has 1 aliphatic heterocycles. The lowest BCUT2D eigenvalue weighted by Gasteiger charge is -2.35. The second-order valence-electron chi connectivity index (χ2n) is 7.75. The molecule has 0 amide bonds. The van der Waals surface area contributed by atoms with Gasteiger partial charge in [0.25, 0.3) is 5.89 Å². The molecule has 8 heteroatoms. The molecule has 0 aliphatic carbocycles. The minimum Gasteiger partial charge on any atom is -0.454 e. The van der Waals surface area contributed by atoms with E-state index in [-0.39, 0.29) is 36.3 Å². The molecule has 1 saturated heterocycles. The van der Waals surface area contributed by atoms with Crippen LogP contribution in [0.3, 0.4) is 0 Å². The molecule has 4 rings (SSSR count). The van der Waals surface area contributed by atoms with Crippen molar-refractivity contribution in [3.8, 4) is 11.5 Å². The van der Waals surface area contributed by atoms with Gasteiger partial charge in [-0.3, -0.25) is 4.90 Å². The van der Waals surface area contributed by atoms with Gasteiger partial charge in [0.2, 0.25) is 5.82 Å². The van der Waals surface area contributed by atoms with Gasteiger partial charge in [0.05, 0.1) is 17.8 Å². The molecular weight excluding hydrogens is 401 g/mol. The molecule has 2 unspecified atom stereocenters. The summed E-state index contributed by atoms with van der Waals surface area (Å²) in [5.74, 6) is -0.340. The Labute approximate surface area is 179 Å². The number of hydrogen-bond donors (Lipinski definition) is 0. The van der Waals surface area contributed by atoms with Gasteiger partial charge < -0.3 is 14.0 Å². The Hall–Kier alpha value is -3.10. The van der Waals surface area contributed by atoms with Crippen molar-refractivity contribution in [1.82, 2.24) is 15.0 Å².